The summed E-state index contributed by atoms with van der Waals surface area (Å²) in [6, 6.07) is 32.6. The number of hydrogen-bond acceptors (Lipinski definition) is 10. The highest BCUT2D eigenvalue weighted by Gasteiger charge is 2.24. The number of fused-ring (bicyclic) bond motifs is 8. The highest BCUT2D eigenvalue weighted by atomic mass is 32.2. The quantitative estimate of drug-likeness (QED) is 0.0736. The minimum atomic E-state index is -0.434. The van der Waals surface area contributed by atoms with Crippen LogP contribution in [-0.4, -0.2) is 35.5 Å². The lowest BCUT2D eigenvalue weighted by Crippen LogP contribution is -2.19. The van der Waals surface area contributed by atoms with Crippen LogP contribution in [0.1, 0.15) is 37.8 Å². The monoisotopic (exact) mass is 876 g/mol. The van der Waals surface area contributed by atoms with Crippen LogP contribution in [0.2, 0.25) is 0 Å². The number of urea groups is 2. The molecule has 0 saturated heterocycles. The maximum atomic E-state index is 13.3. The van der Waals surface area contributed by atoms with E-state index in [1.807, 2.05) is 113 Å². The van der Waals surface area contributed by atoms with Crippen LogP contribution in [-0.2, 0) is 0 Å². The van der Waals surface area contributed by atoms with Gasteiger partial charge < -0.3 is 41.0 Å². The largest absolute Gasteiger partial charge is 0.506 e. The van der Waals surface area contributed by atoms with E-state index in [0.29, 0.717) is 86.6 Å². The zero-order valence-electron chi connectivity index (χ0n) is 33.4. The Balaban J connectivity index is 1.34. The molecule has 14 heteroatoms. The van der Waals surface area contributed by atoms with Gasteiger partial charge in [-0.25, -0.2) is 9.59 Å². The Hall–Kier alpha value is -5.54. The number of carbonyl (C=O) groups excluding carboxylic acids is 2. The van der Waals surface area contributed by atoms with Gasteiger partial charge in [0, 0.05) is 22.7 Å². The van der Waals surface area contributed by atoms with Crippen molar-refractivity contribution in [3.8, 4) is 23.0 Å². The van der Waals surface area contributed by atoms with Gasteiger partial charge in [-0.05, 0) is 99.5 Å². The molecule has 6 aromatic carbocycles. The van der Waals surface area contributed by atoms with E-state index in [0.717, 1.165) is 24.0 Å². The lowest BCUT2D eigenvalue weighted by atomic mass is 10.2. The number of aromatic hydroxyl groups is 2. The molecule has 0 atom stereocenters. The zero-order chi connectivity index (χ0) is 42.2. The molecule has 0 radical (unpaired) electrons. The van der Waals surface area contributed by atoms with Gasteiger partial charge >= 0.3 is 12.1 Å². The minimum absolute atomic E-state index is 0.0306. The predicted molar refractivity (Wildman–Crippen MR) is 245 cm³/mol. The van der Waals surface area contributed by atoms with Crippen molar-refractivity contribution in [3.63, 3.8) is 0 Å². The van der Waals surface area contributed by atoms with Gasteiger partial charge in [0.1, 0.15) is 23.0 Å². The molecular formula is C46H44N4O6S4. The second-order valence-electron chi connectivity index (χ2n) is 13.8. The molecule has 6 N–H and O–H groups in total. The molecule has 8 bridgehead atoms. The van der Waals surface area contributed by atoms with E-state index < -0.39 is 12.1 Å². The Morgan fingerprint density at radius 2 is 0.767 bits per heavy atom. The summed E-state index contributed by atoms with van der Waals surface area (Å²) in [4.78, 5) is 31.5. The van der Waals surface area contributed by atoms with E-state index in [1.165, 1.54) is 47.0 Å². The molecule has 0 aliphatic carbocycles. The van der Waals surface area contributed by atoms with Crippen LogP contribution in [0.4, 0.5) is 32.3 Å². The van der Waals surface area contributed by atoms with E-state index in [-0.39, 0.29) is 11.5 Å². The third-order valence-electron chi connectivity index (χ3n) is 8.88. The van der Waals surface area contributed by atoms with Crippen molar-refractivity contribution >= 4 is 81.9 Å². The van der Waals surface area contributed by atoms with Crippen molar-refractivity contribution in [2.75, 3.05) is 34.5 Å². The fourth-order valence-corrected chi connectivity index (χ4v) is 10.4. The molecule has 4 amide bonds. The maximum Gasteiger partial charge on any atom is 0.323 e. The molecular weight excluding hydrogens is 833 g/mol. The fourth-order valence-electron chi connectivity index (χ4n) is 5.96. The van der Waals surface area contributed by atoms with Gasteiger partial charge in [0.15, 0.2) is 0 Å². The summed E-state index contributed by atoms with van der Waals surface area (Å²) in [6.45, 7) is 8.84. The van der Waals surface area contributed by atoms with Crippen molar-refractivity contribution in [2.45, 2.75) is 79.7 Å². The summed E-state index contributed by atoms with van der Waals surface area (Å²) in [5, 5.41) is 35.7. The molecule has 1 heterocycles. The van der Waals surface area contributed by atoms with Gasteiger partial charge in [0.05, 0.1) is 52.4 Å². The Morgan fingerprint density at radius 3 is 1.07 bits per heavy atom. The van der Waals surface area contributed by atoms with Crippen molar-refractivity contribution in [1.82, 2.24) is 0 Å². The minimum Gasteiger partial charge on any atom is -0.506 e. The number of para-hydroxylation sites is 2. The molecule has 7 rings (SSSR count). The number of phenols is 2. The number of amides is 4. The van der Waals surface area contributed by atoms with Crippen molar-refractivity contribution in [1.29, 1.82) is 0 Å². The lowest BCUT2D eigenvalue weighted by molar-refractivity contribution is 0.261. The number of ether oxygens (including phenoxy) is 2. The molecule has 60 heavy (non-hydrogen) atoms. The van der Waals surface area contributed by atoms with E-state index in [4.69, 9.17) is 9.47 Å². The average molecular weight is 877 g/mol. The highest BCUT2D eigenvalue weighted by Crippen LogP contribution is 2.54. The summed E-state index contributed by atoms with van der Waals surface area (Å²) >= 11 is 5.20. The maximum absolute atomic E-state index is 13.3. The summed E-state index contributed by atoms with van der Waals surface area (Å²) in [5.74, 6) is 1.19. The van der Waals surface area contributed by atoms with E-state index in [9.17, 15) is 19.8 Å². The molecule has 0 saturated carbocycles. The average Bonchev–Trinajstić information content (AvgIpc) is 3.22. The number of carbonyl (C=O) groups is 2. The number of hydrogen-bond donors (Lipinski definition) is 6. The summed E-state index contributed by atoms with van der Waals surface area (Å²) in [7, 11) is 0. The first kappa shape index (κ1) is 42.6. The number of phenolic OH excluding ortho intramolecular Hbond substituents is 2. The van der Waals surface area contributed by atoms with Crippen LogP contribution in [0.15, 0.2) is 148 Å². The second-order valence-corrected chi connectivity index (χ2v) is 18.1. The Kier molecular flexibility index (Phi) is 14.0. The van der Waals surface area contributed by atoms with Crippen molar-refractivity contribution < 1.29 is 29.3 Å². The van der Waals surface area contributed by atoms with Gasteiger partial charge in [-0.1, -0.05) is 108 Å². The summed E-state index contributed by atoms with van der Waals surface area (Å²) < 4.78 is 12.8. The first-order chi connectivity index (χ1) is 29.1. The Bertz CT molecular complexity index is 2250. The third-order valence-corrected chi connectivity index (χ3v) is 13.2. The van der Waals surface area contributed by atoms with Crippen LogP contribution in [0, 0.1) is 13.8 Å². The first-order valence-electron chi connectivity index (χ1n) is 19.3. The first-order valence-corrected chi connectivity index (χ1v) is 22.6. The van der Waals surface area contributed by atoms with Crippen LogP contribution in [0.3, 0.4) is 0 Å². The number of anilines is 4. The molecule has 1 aliphatic rings. The van der Waals surface area contributed by atoms with Gasteiger partial charge in [0.25, 0.3) is 0 Å². The third kappa shape index (κ3) is 10.6. The molecule has 10 nitrogen and oxygen atoms in total. The second kappa shape index (κ2) is 19.7. The summed E-state index contributed by atoms with van der Waals surface area (Å²) in [5.41, 5.74) is 4.38. The smallest absolute Gasteiger partial charge is 0.323 e. The lowest BCUT2D eigenvalue weighted by Gasteiger charge is -2.20. The summed E-state index contributed by atoms with van der Waals surface area (Å²) in [6.07, 6.45) is 1.48. The van der Waals surface area contributed by atoms with Gasteiger partial charge in [0.2, 0.25) is 0 Å². The molecule has 6 aromatic rings. The van der Waals surface area contributed by atoms with Crippen molar-refractivity contribution in [2.24, 2.45) is 0 Å². The number of benzene rings is 6. The molecule has 0 fully saturated rings. The number of rotatable bonds is 10. The van der Waals surface area contributed by atoms with Crippen molar-refractivity contribution in [3.05, 3.63) is 120 Å². The topological polar surface area (TPSA) is 141 Å². The Labute approximate surface area is 366 Å². The van der Waals surface area contributed by atoms with E-state index in [1.54, 1.807) is 24.3 Å². The highest BCUT2D eigenvalue weighted by molar-refractivity contribution is 8.01. The van der Waals surface area contributed by atoms with Crippen LogP contribution in [0.25, 0.3) is 0 Å². The molecule has 308 valence electrons. The van der Waals surface area contributed by atoms with Crippen LogP contribution >= 0.6 is 47.0 Å². The van der Waals surface area contributed by atoms with Crippen LogP contribution in [0.5, 0.6) is 23.0 Å². The number of nitrogens with one attached hydrogen (secondary N) is 4. The molecule has 0 aromatic heterocycles. The number of aryl methyl sites for hydroxylation is 2. The van der Waals surface area contributed by atoms with Gasteiger partial charge in [-0.2, -0.15) is 0 Å². The Morgan fingerprint density at radius 1 is 0.467 bits per heavy atom. The SMILES string of the molecule is CCCOc1c2cccc1Sc1cc(NC(=O)Nc3ccc(C)cc3)cc(c1O)Sc1cccc(c1OCCC)Sc1cc(NC(=O)Nc3ccc(C)cc3)cc(c1O)S2. The van der Waals surface area contributed by atoms with Gasteiger partial charge in [-0.3, -0.25) is 0 Å². The van der Waals surface area contributed by atoms with Gasteiger partial charge in [-0.15, -0.1) is 0 Å². The molecule has 0 unspecified atom stereocenters. The standard InChI is InChI=1S/C46H44N4O6S4/c1-5-21-55-43-33-9-7-10-34(43)58-38-24-32(50-46(54)48-30-19-15-28(4)16-20-30)26-40(42(38)52)60-36-12-8-11-35(44(36)56-22-6-2)59-39-25-31(23-37(57-33)41(39)51)49-45(53)47-29-17-13-27(3)14-18-29/h7-20,23-26,51-52H,5-6,21-22H2,1-4H3,(H2,47,49,53)(H2,48,50,54). The fraction of sp³-hybridized carbons (Fsp3) is 0.174. The molecule has 0 spiro atoms. The van der Waals surface area contributed by atoms with Crippen LogP contribution < -0.4 is 30.7 Å². The van der Waals surface area contributed by atoms with E-state index >= 15 is 0 Å². The normalized spacial score (nSPS) is 11.9. The predicted octanol–water partition coefficient (Wildman–Crippen LogP) is 13.5. The van der Waals surface area contributed by atoms with E-state index in [2.05, 4.69) is 21.3 Å². The zero-order valence-corrected chi connectivity index (χ0v) is 36.6. The molecule has 1 aliphatic heterocycles.